The molecule has 0 spiro atoms. The van der Waals surface area contributed by atoms with E-state index in [0.717, 1.165) is 5.69 Å². The van der Waals surface area contributed by atoms with Crippen molar-refractivity contribution in [1.82, 2.24) is 20.5 Å². The number of halogens is 1. The number of carbonyl (C=O) groups excluding carboxylic acids is 2. The lowest BCUT2D eigenvalue weighted by molar-refractivity contribution is -0.125. The highest BCUT2D eigenvalue weighted by Gasteiger charge is 2.32. The van der Waals surface area contributed by atoms with Crippen molar-refractivity contribution in [2.75, 3.05) is 26.8 Å². The molecule has 10 heteroatoms. The van der Waals surface area contributed by atoms with Crippen molar-refractivity contribution in [1.29, 1.82) is 0 Å². The normalized spacial score (nSPS) is 20.3. The summed E-state index contributed by atoms with van der Waals surface area (Å²) in [6.07, 6.45) is 1.97. The molecule has 0 saturated carbocycles. The molecule has 5 rings (SSSR count). The second-order valence-electron chi connectivity index (χ2n) is 9.31. The molecule has 0 unspecified atom stereocenters. The van der Waals surface area contributed by atoms with Crippen LogP contribution in [0.3, 0.4) is 0 Å². The van der Waals surface area contributed by atoms with E-state index in [4.69, 9.17) is 14.2 Å². The third kappa shape index (κ3) is 6.20. The van der Waals surface area contributed by atoms with Gasteiger partial charge in [0.25, 0.3) is 11.8 Å². The largest absolute Gasteiger partial charge is 0.493 e. The zero-order chi connectivity index (χ0) is 26.5. The molecule has 2 atom stereocenters. The second kappa shape index (κ2) is 11.5. The maximum absolute atomic E-state index is 14.5. The van der Waals surface area contributed by atoms with E-state index in [2.05, 4.69) is 20.5 Å². The topological polar surface area (TPSA) is 102 Å². The van der Waals surface area contributed by atoms with Crippen molar-refractivity contribution >= 4 is 11.8 Å². The summed E-state index contributed by atoms with van der Waals surface area (Å²) in [6, 6.07) is 14.5. The fourth-order valence-electron chi connectivity index (χ4n) is 4.71. The molecule has 0 aliphatic carbocycles. The van der Waals surface area contributed by atoms with Gasteiger partial charge >= 0.3 is 0 Å². The van der Waals surface area contributed by atoms with Crippen molar-refractivity contribution < 1.29 is 28.2 Å². The summed E-state index contributed by atoms with van der Waals surface area (Å²) in [6.45, 7) is 1.69. The molecule has 198 valence electrons. The third-order valence-electron chi connectivity index (χ3n) is 6.55. The van der Waals surface area contributed by atoms with Crippen LogP contribution < -0.4 is 24.8 Å². The summed E-state index contributed by atoms with van der Waals surface area (Å²) in [7, 11) is 1.48. The molecule has 38 heavy (non-hydrogen) atoms. The van der Waals surface area contributed by atoms with E-state index in [1.54, 1.807) is 24.4 Å². The smallest absolute Gasteiger partial charge is 0.258 e. The van der Waals surface area contributed by atoms with Crippen molar-refractivity contribution in [2.24, 2.45) is 0 Å². The monoisotopic (exact) mass is 520 g/mol. The van der Waals surface area contributed by atoms with Crippen LogP contribution in [0.4, 0.5) is 4.39 Å². The number of carbonyl (C=O) groups is 2. The van der Waals surface area contributed by atoms with Gasteiger partial charge in [-0.2, -0.15) is 0 Å². The van der Waals surface area contributed by atoms with Crippen molar-refractivity contribution in [3.8, 4) is 17.2 Å². The van der Waals surface area contributed by atoms with Crippen LogP contribution in [0.15, 0.2) is 60.8 Å². The van der Waals surface area contributed by atoms with Gasteiger partial charge in [0.05, 0.1) is 18.8 Å². The quantitative estimate of drug-likeness (QED) is 0.548. The minimum atomic E-state index is -0.471. The maximum Gasteiger partial charge on any atom is 0.258 e. The number of hydrogen-bond acceptors (Lipinski definition) is 7. The van der Waals surface area contributed by atoms with Gasteiger partial charge in [-0.05, 0) is 54.4 Å². The molecule has 0 radical (unpaired) electrons. The first-order chi connectivity index (χ1) is 18.5. The molecule has 1 fully saturated rings. The van der Waals surface area contributed by atoms with E-state index < -0.39 is 11.9 Å². The van der Waals surface area contributed by atoms with Crippen LogP contribution in [0.5, 0.6) is 17.2 Å². The highest BCUT2D eigenvalue weighted by molar-refractivity contribution is 5.94. The second-order valence-corrected chi connectivity index (χ2v) is 9.31. The SMILES string of the molecule is COc1ccc2cc1OCC(=O)N[C@@H]1CN(Cc3ccccn3)CC[C@@H]1Oc1cc(F)cc(c1)CNC2=O. The molecule has 2 aliphatic rings. The van der Waals surface area contributed by atoms with Crippen LogP contribution >= 0.6 is 0 Å². The van der Waals surface area contributed by atoms with E-state index >= 15 is 0 Å². The molecule has 4 bridgehead atoms. The summed E-state index contributed by atoms with van der Waals surface area (Å²) >= 11 is 0. The summed E-state index contributed by atoms with van der Waals surface area (Å²) in [5.41, 5.74) is 1.80. The predicted molar refractivity (Wildman–Crippen MR) is 137 cm³/mol. The lowest BCUT2D eigenvalue weighted by Gasteiger charge is -2.38. The molecule has 2 aliphatic heterocycles. The zero-order valence-electron chi connectivity index (χ0n) is 21.0. The Morgan fingerprint density at radius 3 is 2.87 bits per heavy atom. The first kappa shape index (κ1) is 25.5. The van der Waals surface area contributed by atoms with E-state index in [-0.39, 0.29) is 36.8 Å². The average Bonchev–Trinajstić information content (AvgIpc) is 2.91. The summed E-state index contributed by atoms with van der Waals surface area (Å²) in [5.74, 6) is -0.199. The lowest BCUT2D eigenvalue weighted by Crippen LogP contribution is -2.57. The number of rotatable bonds is 3. The number of hydrogen-bond donors (Lipinski definition) is 2. The van der Waals surface area contributed by atoms with Crippen LogP contribution in [0.2, 0.25) is 0 Å². The lowest BCUT2D eigenvalue weighted by atomic mass is 10.0. The number of likely N-dealkylation sites (tertiary alicyclic amines) is 1. The number of pyridine rings is 1. The van der Waals surface area contributed by atoms with E-state index in [1.165, 1.54) is 25.3 Å². The molecule has 1 aromatic heterocycles. The number of amides is 2. The van der Waals surface area contributed by atoms with Crippen LogP contribution in [0.25, 0.3) is 0 Å². The van der Waals surface area contributed by atoms with Crippen molar-refractivity contribution in [3.05, 3.63) is 83.4 Å². The number of ether oxygens (including phenoxy) is 3. The maximum atomic E-state index is 14.5. The zero-order valence-corrected chi connectivity index (χ0v) is 21.0. The van der Waals surface area contributed by atoms with E-state index in [9.17, 15) is 14.0 Å². The van der Waals surface area contributed by atoms with Crippen molar-refractivity contribution in [3.63, 3.8) is 0 Å². The molecule has 2 amide bonds. The Morgan fingerprint density at radius 2 is 2.05 bits per heavy atom. The summed E-state index contributed by atoms with van der Waals surface area (Å²) < 4.78 is 31.8. The van der Waals surface area contributed by atoms with Gasteiger partial charge in [-0.25, -0.2) is 4.39 Å². The molecular formula is C28H29FN4O5. The molecule has 3 heterocycles. The van der Waals surface area contributed by atoms with Crippen LogP contribution in [-0.4, -0.2) is 60.7 Å². The van der Waals surface area contributed by atoms with Gasteiger partial charge in [-0.15, -0.1) is 0 Å². The highest BCUT2D eigenvalue weighted by Crippen LogP contribution is 2.29. The van der Waals surface area contributed by atoms with Gasteiger partial charge in [-0.3, -0.25) is 19.5 Å². The van der Waals surface area contributed by atoms with Crippen LogP contribution in [0.1, 0.15) is 28.0 Å². The first-order valence-corrected chi connectivity index (χ1v) is 12.4. The van der Waals surface area contributed by atoms with Crippen LogP contribution in [0, 0.1) is 5.82 Å². The van der Waals surface area contributed by atoms with E-state index in [0.29, 0.717) is 48.7 Å². The summed E-state index contributed by atoms with van der Waals surface area (Å²) in [4.78, 5) is 32.3. The molecule has 3 aromatic rings. The molecule has 2 N–H and O–H groups in total. The number of fused-ring (bicyclic) bond motifs is 5. The predicted octanol–water partition coefficient (Wildman–Crippen LogP) is 2.69. The molecule has 2 aromatic carbocycles. The highest BCUT2D eigenvalue weighted by atomic mass is 19.1. The minimum absolute atomic E-state index is 0.109. The number of nitrogens with zero attached hydrogens (tertiary/aromatic N) is 2. The van der Waals surface area contributed by atoms with Gasteiger partial charge in [0, 0.05) is 44.0 Å². The number of aromatic nitrogens is 1. The van der Waals surface area contributed by atoms with Gasteiger partial charge in [0.15, 0.2) is 18.1 Å². The molecule has 1 saturated heterocycles. The molecule has 9 nitrogen and oxygen atoms in total. The standard InChI is InChI=1S/C28H29FN4O5/c1-36-25-6-5-19-12-26(25)37-17-27(34)32-23-16-33(15-21-4-2-3-8-30-21)9-7-24(23)38-22-11-18(10-20(29)13-22)14-31-28(19)35/h2-6,8,10-13,23-24H,7,9,14-17H2,1H3,(H,31,35)(H,32,34)/t23-,24+/m1/s1. The third-order valence-corrected chi connectivity index (χ3v) is 6.55. The van der Waals surface area contributed by atoms with Gasteiger partial charge in [-0.1, -0.05) is 6.07 Å². The Hall–Kier alpha value is -4.18. The first-order valence-electron chi connectivity index (χ1n) is 12.4. The van der Waals surface area contributed by atoms with E-state index in [1.807, 2.05) is 18.2 Å². The molecular weight excluding hydrogens is 491 g/mol. The van der Waals surface area contributed by atoms with Gasteiger partial charge in [0.2, 0.25) is 0 Å². The minimum Gasteiger partial charge on any atom is -0.493 e. The Labute approximate surface area is 219 Å². The average molecular weight is 521 g/mol. The Kier molecular flexibility index (Phi) is 7.69. The summed E-state index contributed by atoms with van der Waals surface area (Å²) in [5, 5.41) is 5.82. The van der Waals surface area contributed by atoms with Crippen LogP contribution in [-0.2, 0) is 17.9 Å². The fraction of sp³-hybridized carbons (Fsp3) is 0.321. The fourth-order valence-corrected chi connectivity index (χ4v) is 4.71. The van der Waals surface area contributed by atoms with Gasteiger partial charge in [0.1, 0.15) is 17.7 Å². The van der Waals surface area contributed by atoms with Crippen molar-refractivity contribution in [2.45, 2.75) is 31.7 Å². The number of methoxy groups -OCH3 is 1. The number of benzene rings is 2. The van der Waals surface area contributed by atoms with Gasteiger partial charge < -0.3 is 24.8 Å². The Bertz CT molecular complexity index is 1310. The number of piperidine rings is 1. The number of nitrogens with one attached hydrogen (secondary N) is 2. The Balaban J connectivity index is 1.42. The Morgan fingerprint density at radius 1 is 1.16 bits per heavy atom.